The lowest BCUT2D eigenvalue weighted by atomic mass is 10.1. The molecule has 18 heavy (non-hydrogen) atoms. The molecule has 2 nitrogen and oxygen atoms in total. The zero-order valence-electron chi connectivity index (χ0n) is 9.11. The normalized spacial score (nSPS) is 14.1. The number of hydrogen-bond acceptors (Lipinski definition) is 2. The molecule has 0 aromatic heterocycles. The van der Waals surface area contributed by atoms with Gasteiger partial charge in [0.05, 0.1) is 0 Å². The Morgan fingerprint density at radius 1 is 1.00 bits per heavy atom. The molecular formula is C13H9F3O2. The Bertz CT molecular complexity index is 508. The van der Waals surface area contributed by atoms with Gasteiger partial charge in [-0.1, -0.05) is 24.3 Å². The van der Waals surface area contributed by atoms with Gasteiger partial charge in [0.1, 0.15) is 11.5 Å². The zero-order chi connectivity index (χ0) is 13.2. The van der Waals surface area contributed by atoms with Crippen molar-refractivity contribution in [3.63, 3.8) is 0 Å². The lowest BCUT2D eigenvalue weighted by molar-refractivity contribution is -0.274. The van der Waals surface area contributed by atoms with Crippen LogP contribution < -0.4 is 4.74 Å². The van der Waals surface area contributed by atoms with Gasteiger partial charge in [-0.05, 0) is 24.3 Å². The summed E-state index contributed by atoms with van der Waals surface area (Å²) >= 11 is 0. The van der Waals surface area contributed by atoms with Crippen molar-refractivity contribution in [3.05, 3.63) is 59.7 Å². The van der Waals surface area contributed by atoms with E-state index in [4.69, 9.17) is 0 Å². The fourth-order valence-electron chi connectivity index (χ4n) is 1.51. The predicted molar refractivity (Wildman–Crippen MR) is 61.0 cm³/mol. The van der Waals surface area contributed by atoms with Crippen molar-refractivity contribution in [3.8, 4) is 5.75 Å². The third-order valence-electron chi connectivity index (χ3n) is 2.30. The van der Waals surface area contributed by atoms with Crippen LogP contribution >= 0.6 is 0 Å². The second kappa shape index (κ2) is 4.60. The number of alkyl halides is 3. The summed E-state index contributed by atoms with van der Waals surface area (Å²) < 4.78 is 39.6. The molecule has 1 N–H and O–H groups in total. The fraction of sp³-hybridized carbons (Fsp3) is 0.0769. The highest BCUT2D eigenvalue weighted by Gasteiger charge is 2.30. The van der Waals surface area contributed by atoms with Crippen molar-refractivity contribution in [1.29, 1.82) is 0 Å². The number of allylic oxidation sites excluding steroid dienone is 5. The van der Waals surface area contributed by atoms with Gasteiger partial charge in [0, 0.05) is 11.1 Å². The van der Waals surface area contributed by atoms with E-state index in [1.165, 1.54) is 12.1 Å². The summed E-state index contributed by atoms with van der Waals surface area (Å²) in [5, 5.41) is 9.86. The van der Waals surface area contributed by atoms with Crippen molar-refractivity contribution >= 4 is 5.76 Å². The molecule has 5 heteroatoms. The Labute approximate surface area is 101 Å². The predicted octanol–water partition coefficient (Wildman–Crippen LogP) is 3.98. The Kier molecular flexibility index (Phi) is 3.14. The molecule has 1 aliphatic carbocycles. The van der Waals surface area contributed by atoms with Gasteiger partial charge in [0.2, 0.25) is 0 Å². The highest BCUT2D eigenvalue weighted by Crippen LogP contribution is 2.26. The van der Waals surface area contributed by atoms with Crippen LogP contribution in [0.3, 0.4) is 0 Å². The molecule has 94 valence electrons. The molecule has 0 fully saturated rings. The maximum absolute atomic E-state index is 11.9. The van der Waals surface area contributed by atoms with E-state index in [2.05, 4.69) is 4.74 Å². The second-order valence-electron chi connectivity index (χ2n) is 3.59. The number of aliphatic hydroxyl groups excluding tert-OH is 1. The highest BCUT2D eigenvalue weighted by molar-refractivity contribution is 5.69. The van der Waals surface area contributed by atoms with Crippen molar-refractivity contribution in [2.24, 2.45) is 0 Å². The van der Waals surface area contributed by atoms with Gasteiger partial charge < -0.3 is 9.84 Å². The third-order valence-corrected chi connectivity index (χ3v) is 2.30. The van der Waals surface area contributed by atoms with Gasteiger partial charge in [-0.25, -0.2) is 0 Å². The lowest BCUT2D eigenvalue weighted by Crippen LogP contribution is -2.17. The molecule has 0 radical (unpaired) electrons. The summed E-state index contributed by atoms with van der Waals surface area (Å²) in [6.45, 7) is 0. The molecular weight excluding hydrogens is 245 g/mol. The van der Waals surface area contributed by atoms with Crippen LogP contribution in [0.1, 0.15) is 5.56 Å². The number of benzene rings is 1. The van der Waals surface area contributed by atoms with E-state index in [1.54, 1.807) is 24.3 Å². The van der Waals surface area contributed by atoms with Gasteiger partial charge in [-0.3, -0.25) is 0 Å². The topological polar surface area (TPSA) is 29.5 Å². The standard InChI is InChI=1S/C13H9F3O2/c14-13(15,16)18-11-7-5-10(6-8-11)12(17)9-3-1-2-4-9/h1-8,17H. The molecule has 0 heterocycles. The van der Waals surface area contributed by atoms with E-state index in [1.807, 2.05) is 0 Å². The van der Waals surface area contributed by atoms with Gasteiger partial charge in [0.25, 0.3) is 0 Å². The van der Waals surface area contributed by atoms with Crippen LogP contribution in [0, 0.1) is 0 Å². The number of aliphatic hydroxyl groups is 1. The monoisotopic (exact) mass is 254 g/mol. The second-order valence-corrected chi connectivity index (χ2v) is 3.59. The van der Waals surface area contributed by atoms with Gasteiger partial charge in [-0.15, -0.1) is 13.2 Å². The van der Waals surface area contributed by atoms with Crippen LogP contribution in [0.2, 0.25) is 0 Å². The molecule has 0 amide bonds. The Hall–Kier alpha value is -2.17. The van der Waals surface area contributed by atoms with Crippen molar-refractivity contribution in [2.75, 3.05) is 0 Å². The molecule has 2 rings (SSSR count). The first-order valence-electron chi connectivity index (χ1n) is 5.10. The maximum atomic E-state index is 11.9. The van der Waals surface area contributed by atoms with Gasteiger partial charge in [-0.2, -0.15) is 0 Å². The molecule has 0 bridgehead atoms. The van der Waals surface area contributed by atoms with E-state index in [9.17, 15) is 18.3 Å². The fourth-order valence-corrected chi connectivity index (χ4v) is 1.51. The maximum Gasteiger partial charge on any atom is 0.573 e. The average Bonchev–Trinajstić information content (AvgIpc) is 2.80. The van der Waals surface area contributed by atoms with Crippen LogP contribution in [-0.2, 0) is 0 Å². The van der Waals surface area contributed by atoms with E-state index < -0.39 is 6.36 Å². The highest BCUT2D eigenvalue weighted by atomic mass is 19.4. The molecule has 1 aliphatic rings. The number of halogens is 3. The van der Waals surface area contributed by atoms with E-state index in [0.29, 0.717) is 11.1 Å². The molecule has 0 unspecified atom stereocenters. The Morgan fingerprint density at radius 2 is 1.56 bits per heavy atom. The Balaban J connectivity index is 2.20. The molecule has 0 saturated heterocycles. The quantitative estimate of drug-likeness (QED) is 0.809. The molecule has 1 aromatic rings. The first-order chi connectivity index (χ1) is 8.46. The first kappa shape index (κ1) is 12.3. The minimum Gasteiger partial charge on any atom is -0.507 e. The number of hydrogen-bond donors (Lipinski definition) is 1. The smallest absolute Gasteiger partial charge is 0.507 e. The van der Waals surface area contributed by atoms with Crippen LogP contribution in [0.25, 0.3) is 5.76 Å². The summed E-state index contributed by atoms with van der Waals surface area (Å²) in [7, 11) is 0. The SMILES string of the molecule is OC(=C1C=CC=C1)c1ccc(OC(F)(F)F)cc1. The van der Waals surface area contributed by atoms with Gasteiger partial charge >= 0.3 is 6.36 Å². The summed E-state index contributed by atoms with van der Waals surface area (Å²) in [5.41, 5.74) is 1.04. The molecule has 0 aliphatic heterocycles. The number of ether oxygens (including phenoxy) is 1. The van der Waals surface area contributed by atoms with Crippen molar-refractivity contribution in [1.82, 2.24) is 0 Å². The van der Waals surface area contributed by atoms with Crippen molar-refractivity contribution in [2.45, 2.75) is 6.36 Å². The van der Waals surface area contributed by atoms with Crippen molar-refractivity contribution < 1.29 is 23.0 Å². The summed E-state index contributed by atoms with van der Waals surface area (Å²) in [4.78, 5) is 0. The zero-order valence-corrected chi connectivity index (χ0v) is 9.11. The molecule has 0 saturated carbocycles. The summed E-state index contributed by atoms with van der Waals surface area (Å²) in [6.07, 6.45) is 2.21. The minimum absolute atomic E-state index is 0.0126. The van der Waals surface area contributed by atoms with E-state index in [-0.39, 0.29) is 11.5 Å². The summed E-state index contributed by atoms with van der Waals surface area (Å²) in [5.74, 6) is -0.305. The van der Waals surface area contributed by atoms with Crippen LogP contribution in [0.4, 0.5) is 13.2 Å². The van der Waals surface area contributed by atoms with Crippen LogP contribution in [-0.4, -0.2) is 11.5 Å². The first-order valence-corrected chi connectivity index (χ1v) is 5.10. The Morgan fingerprint density at radius 3 is 2.06 bits per heavy atom. The van der Waals surface area contributed by atoms with Crippen LogP contribution in [0.15, 0.2) is 54.1 Å². The minimum atomic E-state index is -4.71. The molecule has 0 spiro atoms. The average molecular weight is 254 g/mol. The van der Waals surface area contributed by atoms with Crippen LogP contribution in [0.5, 0.6) is 5.75 Å². The lowest BCUT2D eigenvalue weighted by Gasteiger charge is -2.09. The summed E-state index contributed by atoms with van der Waals surface area (Å²) in [6, 6.07) is 5.04. The molecule has 0 atom stereocenters. The van der Waals surface area contributed by atoms with E-state index in [0.717, 1.165) is 12.1 Å². The number of rotatable bonds is 2. The largest absolute Gasteiger partial charge is 0.573 e. The van der Waals surface area contributed by atoms with Gasteiger partial charge in [0.15, 0.2) is 0 Å². The molecule has 1 aromatic carbocycles. The van der Waals surface area contributed by atoms with E-state index >= 15 is 0 Å². The third kappa shape index (κ3) is 2.94.